The summed E-state index contributed by atoms with van der Waals surface area (Å²) >= 11 is 5.75. The van der Waals surface area contributed by atoms with Crippen LogP contribution in [0.2, 0.25) is 5.02 Å². The molecule has 19 heavy (non-hydrogen) atoms. The van der Waals surface area contributed by atoms with Crippen molar-refractivity contribution in [3.63, 3.8) is 0 Å². The van der Waals surface area contributed by atoms with Crippen LogP contribution in [-0.4, -0.2) is 6.04 Å². The highest BCUT2D eigenvalue weighted by Gasteiger charge is 2.23. The van der Waals surface area contributed by atoms with E-state index < -0.39 is 0 Å². The highest BCUT2D eigenvalue weighted by atomic mass is 35.5. The summed E-state index contributed by atoms with van der Waals surface area (Å²) < 4.78 is 13.8. The lowest BCUT2D eigenvalue weighted by atomic mass is 9.78. The van der Waals surface area contributed by atoms with Crippen LogP contribution in [0.5, 0.6) is 0 Å². The Morgan fingerprint density at radius 1 is 1.37 bits per heavy atom. The first-order valence-electron chi connectivity index (χ1n) is 6.64. The minimum Gasteiger partial charge on any atom is -0.271 e. The van der Waals surface area contributed by atoms with Crippen LogP contribution in [0.15, 0.2) is 18.2 Å². The van der Waals surface area contributed by atoms with Crippen LogP contribution >= 0.6 is 11.6 Å². The van der Waals surface area contributed by atoms with Crippen LogP contribution in [-0.2, 0) is 6.42 Å². The van der Waals surface area contributed by atoms with E-state index >= 15 is 0 Å². The highest BCUT2D eigenvalue weighted by molar-refractivity contribution is 6.30. The first-order valence-corrected chi connectivity index (χ1v) is 7.02. The Kier molecular flexibility index (Phi) is 5.78. The molecule has 1 aromatic carbocycles. The van der Waals surface area contributed by atoms with Crippen molar-refractivity contribution in [2.75, 3.05) is 0 Å². The number of nitrogens with two attached hydrogens (primary N) is 1. The Balaban J connectivity index is 2.72. The van der Waals surface area contributed by atoms with Crippen molar-refractivity contribution < 1.29 is 4.39 Å². The molecule has 0 aliphatic heterocycles. The average Bonchev–Trinajstić information content (AvgIpc) is 2.30. The van der Waals surface area contributed by atoms with Gasteiger partial charge in [-0.15, -0.1) is 0 Å². The normalized spacial score (nSPS) is 15.3. The van der Waals surface area contributed by atoms with Gasteiger partial charge in [0.05, 0.1) is 0 Å². The lowest BCUT2D eigenvalue weighted by Gasteiger charge is -2.30. The zero-order valence-corrected chi connectivity index (χ0v) is 12.9. The molecule has 4 heteroatoms. The van der Waals surface area contributed by atoms with Gasteiger partial charge in [-0.05, 0) is 41.9 Å². The van der Waals surface area contributed by atoms with Gasteiger partial charge < -0.3 is 0 Å². The minimum atomic E-state index is -0.267. The molecule has 108 valence electrons. The number of rotatable bonds is 5. The van der Waals surface area contributed by atoms with Crippen molar-refractivity contribution in [1.29, 1.82) is 0 Å². The van der Waals surface area contributed by atoms with Crippen molar-refractivity contribution in [3.8, 4) is 0 Å². The van der Waals surface area contributed by atoms with Crippen molar-refractivity contribution in [2.45, 2.75) is 46.6 Å². The van der Waals surface area contributed by atoms with Gasteiger partial charge in [-0.1, -0.05) is 45.4 Å². The van der Waals surface area contributed by atoms with Gasteiger partial charge in [-0.25, -0.2) is 4.39 Å². The molecule has 1 aromatic rings. The van der Waals surface area contributed by atoms with Gasteiger partial charge >= 0.3 is 0 Å². The molecule has 2 atom stereocenters. The SMILES string of the molecule is CC(CC(Cc1ccc(Cl)cc1F)NN)C(C)(C)C. The standard InChI is InChI=1S/C15H24ClFN2/c1-10(15(2,3)4)7-13(19-18)8-11-5-6-12(16)9-14(11)17/h5-6,9-10,13,19H,7-8,18H2,1-4H3. The highest BCUT2D eigenvalue weighted by Crippen LogP contribution is 2.29. The Bertz CT molecular complexity index is 415. The Hall–Kier alpha value is -0.640. The van der Waals surface area contributed by atoms with Crippen LogP contribution in [0.1, 0.15) is 39.7 Å². The van der Waals surface area contributed by atoms with Gasteiger partial charge in [-0.2, -0.15) is 0 Å². The Morgan fingerprint density at radius 3 is 2.47 bits per heavy atom. The van der Waals surface area contributed by atoms with E-state index in [9.17, 15) is 4.39 Å². The fourth-order valence-electron chi connectivity index (χ4n) is 1.94. The van der Waals surface area contributed by atoms with Gasteiger partial charge in [0.25, 0.3) is 0 Å². The third kappa shape index (κ3) is 5.09. The first kappa shape index (κ1) is 16.4. The average molecular weight is 287 g/mol. The van der Waals surface area contributed by atoms with E-state index in [1.165, 1.54) is 6.07 Å². The summed E-state index contributed by atoms with van der Waals surface area (Å²) in [6, 6.07) is 4.84. The number of benzene rings is 1. The largest absolute Gasteiger partial charge is 0.271 e. The molecule has 0 saturated heterocycles. The maximum absolute atomic E-state index is 13.8. The molecule has 0 amide bonds. The van der Waals surface area contributed by atoms with Gasteiger partial charge in [-0.3, -0.25) is 11.3 Å². The fraction of sp³-hybridized carbons (Fsp3) is 0.600. The topological polar surface area (TPSA) is 38.0 Å². The van der Waals surface area contributed by atoms with Crippen LogP contribution in [0.4, 0.5) is 4.39 Å². The van der Waals surface area contributed by atoms with Crippen LogP contribution in [0.3, 0.4) is 0 Å². The number of nitrogens with one attached hydrogen (secondary N) is 1. The van der Waals surface area contributed by atoms with Crippen LogP contribution in [0.25, 0.3) is 0 Å². The van der Waals surface area contributed by atoms with E-state index in [4.69, 9.17) is 17.4 Å². The van der Waals surface area contributed by atoms with E-state index in [0.717, 1.165) is 6.42 Å². The molecule has 0 radical (unpaired) electrons. The molecule has 0 bridgehead atoms. The summed E-state index contributed by atoms with van der Waals surface area (Å²) in [6.45, 7) is 8.80. The van der Waals surface area contributed by atoms with Crippen molar-refractivity contribution in [3.05, 3.63) is 34.6 Å². The van der Waals surface area contributed by atoms with Crippen molar-refractivity contribution >= 4 is 11.6 Å². The second-order valence-corrected chi connectivity index (χ2v) is 6.74. The zero-order chi connectivity index (χ0) is 14.6. The summed E-state index contributed by atoms with van der Waals surface area (Å²) in [5.74, 6) is 5.82. The molecule has 0 saturated carbocycles. The van der Waals surface area contributed by atoms with Crippen LogP contribution in [0, 0.1) is 17.2 Å². The molecule has 0 heterocycles. The molecule has 2 unspecified atom stereocenters. The van der Waals surface area contributed by atoms with E-state index in [-0.39, 0.29) is 17.3 Å². The Morgan fingerprint density at radius 2 is 2.00 bits per heavy atom. The summed E-state index contributed by atoms with van der Waals surface area (Å²) in [7, 11) is 0. The Labute approximate surface area is 120 Å². The third-order valence-corrected chi connectivity index (χ3v) is 4.07. The number of hydrogen-bond donors (Lipinski definition) is 2. The van der Waals surface area contributed by atoms with Crippen molar-refractivity contribution in [2.24, 2.45) is 17.2 Å². The van der Waals surface area contributed by atoms with Gasteiger partial charge in [0, 0.05) is 11.1 Å². The van der Waals surface area contributed by atoms with Gasteiger partial charge in [0.1, 0.15) is 5.82 Å². The fourth-order valence-corrected chi connectivity index (χ4v) is 2.10. The molecule has 3 N–H and O–H groups in total. The third-order valence-electron chi connectivity index (χ3n) is 3.83. The second kappa shape index (κ2) is 6.69. The lowest BCUT2D eigenvalue weighted by Crippen LogP contribution is -2.39. The summed E-state index contributed by atoms with van der Waals surface area (Å²) in [5, 5.41) is 0.418. The van der Waals surface area contributed by atoms with E-state index in [1.54, 1.807) is 12.1 Å². The summed E-state index contributed by atoms with van der Waals surface area (Å²) in [5.41, 5.74) is 3.66. The van der Waals surface area contributed by atoms with Crippen LogP contribution < -0.4 is 11.3 Å². The predicted octanol–water partition coefficient (Wildman–Crippen LogP) is 3.93. The maximum atomic E-state index is 13.8. The first-order chi connectivity index (χ1) is 8.74. The quantitative estimate of drug-likeness (QED) is 0.636. The molecule has 0 aromatic heterocycles. The van der Waals surface area contributed by atoms with Crippen molar-refractivity contribution in [1.82, 2.24) is 5.43 Å². The van der Waals surface area contributed by atoms with E-state index in [2.05, 4.69) is 33.1 Å². The molecule has 0 aliphatic carbocycles. The zero-order valence-electron chi connectivity index (χ0n) is 12.1. The number of hydrogen-bond acceptors (Lipinski definition) is 2. The van der Waals surface area contributed by atoms with E-state index in [0.29, 0.717) is 22.9 Å². The molecule has 0 aliphatic rings. The van der Waals surface area contributed by atoms with Gasteiger partial charge in [0.2, 0.25) is 0 Å². The summed E-state index contributed by atoms with van der Waals surface area (Å²) in [4.78, 5) is 0. The summed E-state index contributed by atoms with van der Waals surface area (Å²) in [6.07, 6.45) is 1.47. The smallest absolute Gasteiger partial charge is 0.127 e. The molecule has 1 rings (SSSR count). The second-order valence-electron chi connectivity index (χ2n) is 6.31. The molecule has 0 spiro atoms. The molecule has 2 nitrogen and oxygen atoms in total. The predicted molar refractivity (Wildman–Crippen MR) is 79.5 cm³/mol. The molecular weight excluding hydrogens is 263 g/mol. The molecular formula is C15H24ClFN2. The number of hydrazine groups is 1. The van der Waals surface area contributed by atoms with E-state index in [1.807, 2.05) is 0 Å². The van der Waals surface area contributed by atoms with Gasteiger partial charge in [0.15, 0.2) is 0 Å². The molecule has 0 fully saturated rings. The number of halogens is 2. The maximum Gasteiger partial charge on any atom is 0.127 e. The lowest BCUT2D eigenvalue weighted by molar-refractivity contribution is 0.222. The minimum absolute atomic E-state index is 0.0601. The monoisotopic (exact) mass is 286 g/mol.